The lowest BCUT2D eigenvalue weighted by atomic mass is 10.0. The number of anilines is 1. The molecule has 0 spiro atoms. The van der Waals surface area contributed by atoms with Gasteiger partial charge in [-0.15, -0.1) is 0 Å². The molecule has 0 saturated carbocycles. The lowest BCUT2D eigenvalue weighted by Crippen LogP contribution is -2.16. The fraction of sp³-hybridized carbons (Fsp3) is 0.0833. The number of nitro groups is 1. The Labute approximate surface area is 198 Å². The van der Waals surface area contributed by atoms with Crippen molar-refractivity contribution < 1.29 is 19.2 Å². The van der Waals surface area contributed by atoms with Crippen molar-refractivity contribution in [3.63, 3.8) is 0 Å². The van der Waals surface area contributed by atoms with Crippen molar-refractivity contribution in [3.05, 3.63) is 88.9 Å². The quantitative estimate of drug-likeness (QED) is 0.134. The summed E-state index contributed by atoms with van der Waals surface area (Å²) < 4.78 is 4.59. The van der Waals surface area contributed by atoms with E-state index in [1.165, 1.54) is 37.3 Å². The number of hydrogen-bond donors (Lipinski definition) is 1. The first-order chi connectivity index (χ1) is 16.5. The molecule has 0 aliphatic heterocycles. The van der Waals surface area contributed by atoms with E-state index >= 15 is 0 Å². The Kier molecular flexibility index (Phi) is 6.79. The monoisotopic (exact) mass is 474 g/mol. The molecule has 9 nitrogen and oxygen atoms in total. The average molecular weight is 474 g/mol. The highest BCUT2D eigenvalue weighted by Crippen LogP contribution is 2.34. The highest BCUT2D eigenvalue weighted by molar-refractivity contribution is 8.00. The van der Waals surface area contributed by atoms with Gasteiger partial charge in [0, 0.05) is 17.8 Å². The largest absolute Gasteiger partial charge is 0.465 e. The van der Waals surface area contributed by atoms with E-state index < -0.39 is 22.5 Å². The SMILES string of the molecule is COC(=O)c1ccc(NC(=O)CSc2ncncc2-c2cccc3ccccc23)c([N+](=O)[O-])c1. The van der Waals surface area contributed by atoms with E-state index in [2.05, 4.69) is 20.0 Å². The fourth-order valence-corrected chi connectivity index (χ4v) is 4.21. The number of ether oxygens (including phenoxy) is 1. The van der Waals surface area contributed by atoms with Gasteiger partial charge in [-0.2, -0.15) is 0 Å². The molecule has 1 aromatic heterocycles. The number of methoxy groups -OCH3 is 1. The van der Waals surface area contributed by atoms with Gasteiger partial charge in [-0.1, -0.05) is 54.2 Å². The van der Waals surface area contributed by atoms with Gasteiger partial charge < -0.3 is 10.1 Å². The Bertz CT molecular complexity index is 1400. The predicted molar refractivity (Wildman–Crippen MR) is 129 cm³/mol. The summed E-state index contributed by atoms with van der Waals surface area (Å²) in [6.07, 6.45) is 3.11. The van der Waals surface area contributed by atoms with E-state index in [0.29, 0.717) is 5.03 Å². The van der Waals surface area contributed by atoms with Gasteiger partial charge in [0.2, 0.25) is 5.91 Å². The molecular weight excluding hydrogens is 456 g/mol. The molecule has 0 atom stereocenters. The Hall–Kier alpha value is -4.31. The second-order valence-corrected chi connectivity index (χ2v) is 8.05. The van der Waals surface area contributed by atoms with Crippen molar-refractivity contribution in [2.75, 3.05) is 18.2 Å². The van der Waals surface area contributed by atoms with Gasteiger partial charge >= 0.3 is 5.97 Å². The molecular formula is C24H18N4O5S. The first-order valence-electron chi connectivity index (χ1n) is 10.1. The molecule has 1 N–H and O–H groups in total. The van der Waals surface area contributed by atoms with E-state index in [0.717, 1.165) is 28.0 Å². The van der Waals surface area contributed by atoms with Crippen LogP contribution in [-0.2, 0) is 9.53 Å². The molecule has 170 valence electrons. The summed E-state index contributed by atoms with van der Waals surface area (Å²) in [6.45, 7) is 0. The Morgan fingerprint density at radius 2 is 1.88 bits per heavy atom. The topological polar surface area (TPSA) is 124 Å². The molecule has 0 unspecified atom stereocenters. The van der Waals surface area contributed by atoms with Crippen LogP contribution in [0.3, 0.4) is 0 Å². The van der Waals surface area contributed by atoms with Crippen LogP contribution in [0.4, 0.5) is 11.4 Å². The van der Waals surface area contributed by atoms with Crippen LogP contribution in [0.15, 0.2) is 78.2 Å². The van der Waals surface area contributed by atoms with Gasteiger partial charge in [0.25, 0.3) is 5.69 Å². The summed E-state index contributed by atoms with van der Waals surface area (Å²) in [7, 11) is 1.18. The number of carbonyl (C=O) groups excluding carboxylic acids is 2. The molecule has 0 saturated heterocycles. The van der Waals surface area contributed by atoms with Crippen LogP contribution in [-0.4, -0.2) is 39.6 Å². The smallest absolute Gasteiger partial charge is 0.338 e. The molecule has 1 amide bonds. The van der Waals surface area contributed by atoms with Crippen molar-refractivity contribution in [2.24, 2.45) is 0 Å². The van der Waals surface area contributed by atoms with E-state index in [-0.39, 0.29) is 17.0 Å². The first kappa shape index (κ1) is 22.9. The van der Waals surface area contributed by atoms with E-state index in [4.69, 9.17) is 0 Å². The summed E-state index contributed by atoms with van der Waals surface area (Å²) >= 11 is 1.20. The van der Waals surface area contributed by atoms with Crippen LogP contribution in [0.2, 0.25) is 0 Å². The maximum atomic E-state index is 12.6. The number of amides is 1. The van der Waals surface area contributed by atoms with Crippen molar-refractivity contribution in [3.8, 4) is 11.1 Å². The Morgan fingerprint density at radius 1 is 1.09 bits per heavy atom. The predicted octanol–water partition coefficient (Wildman–Crippen LogP) is 4.72. The molecule has 4 rings (SSSR count). The number of hydrogen-bond acceptors (Lipinski definition) is 8. The summed E-state index contributed by atoms with van der Waals surface area (Å²) in [5.41, 5.74) is 1.32. The number of thioether (sulfide) groups is 1. The molecule has 0 fully saturated rings. The summed E-state index contributed by atoms with van der Waals surface area (Å²) in [5, 5.41) is 16.7. The zero-order chi connectivity index (χ0) is 24.1. The molecule has 4 aromatic rings. The highest BCUT2D eigenvalue weighted by atomic mass is 32.2. The summed E-state index contributed by atoms with van der Waals surface area (Å²) in [4.78, 5) is 43.5. The number of benzene rings is 3. The molecule has 3 aromatic carbocycles. The van der Waals surface area contributed by atoms with Crippen LogP contribution in [0.1, 0.15) is 10.4 Å². The Balaban J connectivity index is 1.54. The van der Waals surface area contributed by atoms with Gasteiger partial charge in [-0.05, 0) is 28.5 Å². The third-order valence-corrected chi connectivity index (χ3v) is 5.99. The van der Waals surface area contributed by atoms with E-state index in [1.54, 1.807) is 6.20 Å². The number of rotatable bonds is 7. The summed E-state index contributed by atoms with van der Waals surface area (Å²) in [5.74, 6) is -1.20. The first-order valence-corrected chi connectivity index (χ1v) is 11.0. The van der Waals surface area contributed by atoms with Crippen LogP contribution < -0.4 is 5.32 Å². The van der Waals surface area contributed by atoms with Crippen LogP contribution in [0.5, 0.6) is 0 Å². The molecule has 0 aliphatic rings. The number of fused-ring (bicyclic) bond motifs is 1. The molecule has 0 radical (unpaired) electrons. The number of nitrogens with one attached hydrogen (secondary N) is 1. The van der Waals surface area contributed by atoms with Crippen LogP contribution in [0.25, 0.3) is 21.9 Å². The molecule has 34 heavy (non-hydrogen) atoms. The van der Waals surface area contributed by atoms with Gasteiger partial charge in [0.05, 0.1) is 23.3 Å². The third kappa shape index (κ3) is 4.86. The van der Waals surface area contributed by atoms with E-state index in [9.17, 15) is 19.7 Å². The number of esters is 1. The normalized spacial score (nSPS) is 10.6. The zero-order valence-corrected chi connectivity index (χ0v) is 18.7. The maximum absolute atomic E-state index is 12.6. The number of nitro benzene ring substituents is 1. The minimum atomic E-state index is -0.707. The lowest BCUT2D eigenvalue weighted by molar-refractivity contribution is -0.384. The average Bonchev–Trinajstić information content (AvgIpc) is 2.87. The van der Waals surface area contributed by atoms with Crippen molar-refractivity contribution in [1.82, 2.24) is 9.97 Å². The zero-order valence-electron chi connectivity index (χ0n) is 17.9. The molecule has 0 bridgehead atoms. The number of aromatic nitrogens is 2. The van der Waals surface area contributed by atoms with Gasteiger partial charge in [0.1, 0.15) is 17.0 Å². The standard InChI is InChI=1S/C24H18N4O5S/c1-33-24(30)16-9-10-20(21(11-16)28(31)32)27-22(29)13-34-23-19(12-25-14-26-23)18-8-4-6-15-5-2-3-7-17(15)18/h2-12,14H,13H2,1H3,(H,27,29). The summed E-state index contributed by atoms with van der Waals surface area (Å²) in [6, 6.07) is 17.6. The van der Waals surface area contributed by atoms with Crippen molar-refractivity contribution in [1.29, 1.82) is 0 Å². The minimum absolute atomic E-state index is 0.0137. The maximum Gasteiger partial charge on any atom is 0.338 e. The van der Waals surface area contributed by atoms with Crippen LogP contribution in [0, 0.1) is 10.1 Å². The molecule has 10 heteroatoms. The second-order valence-electron chi connectivity index (χ2n) is 7.09. The number of nitrogens with zero attached hydrogens (tertiary/aromatic N) is 3. The lowest BCUT2D eigenvalue weighted by Gasteiger charge is -2.11. The molecule has 1 heterocycles. The fourth-order valence-electron chi connectivity index (χ4n) is 3.43. The molecule has 0 aliphatic carbocycles. The van der Waals surface area contributed by atoms with Crippen molar-refractivity contribution >= 4 is 45.8 Å². The third-order valence-electron chi connectivity index (χ3n) is 4.99. The second kappa shape index (κ2) is 10.1. The van der Waals surface area contributed by atoms with E-state index in [1.807, 2.05) is 42.5 Å². The highest BCUT2D eigenvalue weighted by Gasteiger charge is 2.20. The van der Waals surface area contributed by atoms with Crippen LogP contribution >= 0.6 is 11.8 Å². The minimum Gasteiger partial charge on any atom is -0.465 e. The van der Waals surface area contributed by atoms with Crippen molar-refractivity contribution in [2.45, 2.75) is 5.03 Å². The van der Waals surface area contributed by atoms with Gasteiger partial charge in [0.15, 0.2) is 0 Å². The van der Waals surface area contributed by atoms with Gasteiger partial charge in [-0.3, -0.25) is 14.9 Å². The Morgan fingerprint density at radius 3 is 2.68 bits per heavy atom. The number of carbonyl (C=O) groups is 2. The van der Waals surface area contributed by atoms with Gasteiger partial charge in [-0.25, -0.2) is 14.8 Å².